The van der Waals surface area contributed by atoms with Crippen molar-refractivity contribution in [3.63, 3.8) is 0 Å². The van der Waals surface area contributed by atoms with Crippen molar-refractivity contribution in [3.05, 3.63) is 34.6 Å². The highest BCUT2D eigenvalue weighted by Crippen LogP contribution is 2.72. The van der Waals surface area contributed by atoms with Crippen LogP contribution in [-0.4, -0.2) is 60.0 Å². The van der Waals surface area contributed by atoms with Gasteiger partial charge in [-0.2, -0.15) is 0 Å². The van der Waals surface area contributed by atoms with Gasteiger partial charge in [0.1, 0.15) is 31.0 Å². The van der Waals surface area contributed by atoms with Crippen molar-refractivity contribution in [2.24, 2.45) is 22.7 Å². The van der Waals surface area contributed by atoms with Crippen molar-refractivity contribution in [3.8, 4) is 0 Å². The van der Waals surface area contributed by atoms with Gasteiger partial charge in [-0.25, -0.2) is 4.79 Å². The first-order valence-corrected chi connectivity index (χ1v) is 9.53. The summed E-state index contributed by atoms with van der Waals surface area (Å²) < 4.78 is 22.6. The summed E-state index contributed by atoms with van der Waals surface area (Å²) in [4.78, 5) is 25.7. The van der Waals surface area contributed by atoms with Crippen LogP contribution in [0.5, 0.6) is 0 Å². The van der Waals surface area contributed by atoms with Crippen LogP contribution in [0.3, 0.4) is 0 Å². The number of cyclic esters (lactones) is 2. The van der Waals surface area contributed by atoms with Gasteiger partial charge in [-0.3, -0.25) is 4.79 Å². The summed E-state index contributed by atoms with van der Waals surface area (Å²) in [7, 11) is 0. The third-order valence-electron chi connectivity index (χ3n) is 7.83. The highest BCUT2D eigenvalue weighted by atomic mass is 16.6. The van der Waals surface area contributed by atoms with E-state index < -0.39 is 59.2 Å². The van der Waals surface area contributed by atoms with E-state index in [2.05, 4.69) is 0 Å². The van der Waals surface area contributed by atoms with Gasteiger partial charge in [-0.05, 0) is 30.1 Å². The maximum absolute atomic E-state index is 13.3. The molecule has 6 rings (SSSR count). The van der Waals surface area contributed by atoms with E-state index in [9.17, 15) is 19.8 Å². The highest BCUT2D eigenvalue weighted by molar-refractivity contribution is 5.97. The van der Waals surface area contributed by atoms with E-state index in [0.29, 0.717) is 11.1 Å². The molecule has 1 saturated carbocycles. The number of aliphatic hydroxyl groups excluding tert-OH is 2. The number of carbonyl (C=O) groups is 2. The number of carbonyl (C=O) groups excluding carboxylic acids is 2. The zero-order valence-electron chi connectivity index (χ0n) is 15.4. The van der Waals surface area contributed by atoms with Crippen LogP contribution in [0.4, 0.5) is 0 Å². The third-order valence-corrected chi connectivity index (χ3v) is 7.83. The van der Waals surface area contributed by atoms with Gasteiger partial charge < -0.3 is 29.2 Å². The fraction of sp³-hybridized carbons (Fsp3) is 0.600. The van der Waals surface area contributed by atoms with Crippen molar-refractivity contribution in [2.45, 2.75) is 38.4 Å². The molecule has 2 N–H and O–H groups in total. The Kier molecular flexibility index (Phi) is 2.92. The lowest BCUT2D eigenvalue weighted by atomic mass is 9.38. The average Bonchev–Trinajstić information content (AvgIpc) is 2.66. The Bertz CT molecular complexity index is 930. The lowest BCUT2D eigenvalue weighted by molar-refractivity contribution is -0.285. The normalized spacial score (nSPS) is 50.6. The molecule has 6 aliphatic rings. The van der Waals surface area contributed by atoms with E-state index in [1.165, 1.54) is 6.26 Å². The Morgan fingerprint density at radius 1 is 1.18 bits per heavy atom. The van der Waals surface area contributed by atoms with Crippen LogP contribution in [0.25, 0.3) is 0 Å². The standard InChI is InChI=1S/C20H20O8/c1-7-12-11-3-4-25-17(23)19(11)8(2)20(14(12)21)13-9(15(19)28-7)5-26-16(22)10(13)6-27-18(20)24/h3,6-8,12,14-15,18,21,24H,4-5H2,1-2H3. The maximum Gasteiger partial charge on any atom is 0.341 e. The van der Waals surface area contributed by atoms with Gasteiger partial charge in [-0.1, -0.05) is 6.92 Å². The number of ether oxygens (including phenoxy) is 4. The Hall–Kier alpha value is -2.16. The summed E-state index contributed by atoms with van der Waals surface area (Å²) in [6.45, 7) is 3.72. The molecule has 3 bridgehead atoms. The maximum atomic E-state index is 13.3. The lowest BCUT2D eigenvalue weighted by Gasteiger charge is -2.69. The Balaban J connectivity index is 1.78. The highest BCUT2D eigenvalue weighted by Gasteiger charge is 2.79. The molecule has 2 fully saturated rings. The first kappa shape index (κ1) is 16.8. The first-order valence-electron chi connectivity index (χ1n) is 9.53. The van der Waals surface area contributed by atoms with Gasteiger partial charge in [0.25, 0.3) is 0 Å². The molecule has 8 nitrogen and oxygen atoms in total. The molecule has 2 spiro atoms. The molecular formula is C20H20O8. The van der Waals surface area contributed by atoms with Crippen molar-refractivity contribution in [1.82, 2.24) is 0 Å². The van der Waals surface area contributed by atoms with Gasteiger partial charge in [0.05, 0.1) is 23.2 Å². The van der Waals surface area contributed by atoms with Crippen LogP contribution in [0.1, 0.15) is 13.8 Å². The summed E-state index contributed by atoms with van der Waals surface area (Å²) in [5.41, 5.74) is -0.473. The minimum atomic E-state index is -1.42. The largest absolute Gasteiger partial charge is 0.471 e. The summed E-state index contributed by atoms with van der Waals surface area (Å²) in [6.07, 6.45) is -0.574. The SMILES string of the molecule is CC1OC2C3=C4C(=COC(O)C45C(O)C1C1=CCOC(=O)C12C5C)C(=O)OC3. The fourth-order valence-corrected chi connectivity index (χ4v) is 6.80. The molecule has 0 aromatic rings. The lowest BCUT2D eigenvalue weighted by Crippen LogP contribution is -2.77. The summed E-state index contributed by atoms with van der Waals surface area (Å²) in [5, 5.41) is 22.7. The van der Waals surface area contributed by atoms with E-state index in [4.69, 9.17) is 18.9 Å². The van der Waals surface area contributed by atoms with Crippen molar-refractivity contribution in [1.29, 1.82) is 0 Å². The summed E-state index contributed by atoms with van der Waals surface area (Å²) in [6, 6.07) is 0. The molecule has 8 heteroatoms. The van der Waals surface area contributed by atoms with Gasteiger partial charge in [0.2, 0.25) is 6.29 Å². The second-order valence-electron chi connectivity index (χ2n) is 8.47. The molecule has 8 unspecified atom stereocenters. The number of fused-ring (bicyclic) bond motifs is 1. The van der Waals surface area contributed by atoms with Crippen molar-refractivity contribution in [2.75, 3.05) is 13.2 Å². The summed E-state index contributed by atoms with van der Waals surface area (Å²) >= 11 is 0. The Morgan fingerprint density at radius 2 is 1.96 bits per heavy atom. The molecule has 0 aromatic carbocycles. The van der Waals surface area contributed by atoms with Crippen molar-refractivity contribution >= 4 is 11.9 Å². The molecule has 4 heterocycles. The monoisotopic (exact) mass is 388 g/mol. The number of esters is 2. The Morgan fingerprint density at radius 3 is 2.75 bits per heavy atom. The minimum Gasteiger partial charge on any atom is -0.471 e. The zero-order chi connectivity index (χ0) is 19.6. The van der Waals surface area contributed by atoms with Crippen LogP contribution in [0.2, 0.25) is 0 Å². The van der Waals surface area contributed by atoms with E-state index >= 15 is 0 Å². The van der Waals surface area contributed by atoms with E-state index in [0.717, 1.165) is 5.57 Å². The molecule has 148 valence electrons. The van der Waals surface area contributed by atoms with E-state index in [1.54, 1.807) is 6.92 Å². The van der Waals surface area contributed by atoms with Crippen LogP contribution in [0, 0.1) is 22.7 Å². The van der Waals surface area contributed by atoms with Crippen LogP contribution >= 0.6 is 0 Å². The van der Waals surface area contributed by atoms with Gasteiger partial charge in [0.15, 0.2) is 0 Å². The van der Waals surface area contributed by atoms with E-state index in [-0.39, 0.29) is 18.8 Å². The van der Waals surface area contributed by atoms with Gasteiger partial charge >= 0.3 is 11.9 Å². The second-order valence-corrected chi connectivity index (χ2v) is 8.47. The molecule has 0 radical (unpaired) electrons. The molecule has 2 aliphatic carbocycles. The molecule has 8 atom stereocenters. The number of hydrogen-bond donors (Lipinski definition) is 2. The first-order chi connectivity index (χ1) is 13.4. The predicted octanol–water partition coefficient (Wildman–Crippen LogP) is -0.0440. The van der Waals surface area contributed by atoms with Crippen molar-refractivity contribution < 1.29 is 38.7 Å². The second kappa shape index (κ2) is 4.87. The smallest absolute Gasteiger partial charge is 0.341 e. The molecule has 1 saturated heterocycles. The predicted molar refractivity (Wildman–Crippen MR) is 90.1 cm³/mol. The van der Waals surface area contributed by atoms with Crippen LogP contribution < -0.4 is 0 Å². The van der Waals surface area contributed by atoms with Crippen LogP contribution in [-0.2, 0) is 28.5 Å². The molecular weight excluding hydrogens is 368 g/mol. The van der Waals surface area contributed by atoms with Crippen LogP contribution in [0.15, 0.2) is 34.6 Å². The molecule has 28 heavy (non-hydrogen) atoms. The molecule has 0 aromatic heterocycles. The zero-order valence-corrected chi connectivity index (χ0v) is 15.4. The topological polar surface area (TPSA) is 112 Å². The third kappa shape index (κ3) is 1.41. The fourth-order valence-electron chi connectivity index (χ4n) is 6.80. The van der Waals surface area contributed by atoms with E-state index in [1.807, 2.05) is 13.0 Å². The minimum absolute atomic E-state index is 0.0657. The molecule has 4 aliphatic heterocycles. The Labute approximate surface area is 160 Å². The number of hydrogen-bond acceptors (Lipinski definition) is 8. The summed E-state index contributed by atoms with van der Waals surface area (Å²) in [5.74, 6) is -2.15. The number of rotatable bonds is 0. The number of aliphatic hydroxyl groups is 2. The average molecular weight is 388 g/mol. The quantitative estimate of drug-likeness (QED) is 0.439. The van der Waals surface area contributed by atoms with Gasteiger partial charge in [-0.15, -0.1) is 0 Å². The molecule has 0 amide bonds. The van der Waals surface area contributed by atoms with Gasteiger partial charge in [0, 0.05) is 11.5 Å².